The Labute approximate surface area is 246 Å². The van der Waals surface area contributed by atoms with E-state index >= 15 is 0 Å². The average molecular weight is 581 g/mol. The van der Waals surface area contributed by atoms with Crippen molar-refractivity contribution in [1.82, 2.24) is 9.97 Å². The van der Waals surface area contributed by atoms with Gasteiger partial charge in [-0.05, 0) is 72.5 Å². The molecule has 0 N–H and O–H groups in total. The van der Waals surface area contributed by atoms with Gasteiger partial charge >= 0.3 is 0 Å². The van der Waals surface area contributed by atoms with Gasteiger partial charge in [-0.1, -0.05) is 67.2 Å². The van der Waals surface area contributed by atoms with Crippen molar-refractivity contribution < 1.29 is 0 Å². The molecule has 38 heavy (non-hydrogen) atoms. The standard InChI is InChI=1S/C32H40N2S4/c1-7-9-17-31(3,4)37-29-13-11-27(35-29)23-15-19-33-25(21-23)26-22-24(16-20-34-26)28-12-14-30(36-28)38-32(5,6)18-10-8-2/h11-16,19-22H,7-10,17-18H2,1-6H3. The van der Waals surface area contributed by atoms with Gasteiger partial charge in [0.25, 0.3) is 0 Å². The van der Waals surface area contributed by atoms with Crippen molar-refractivity contribution in [1.29, 1.82) is 0 Å². The van der Waals surface area contributed by atoms with Crippen LogP contribution in [0.25, 0.3) is 32.3 Å². The molecule has 0 aliphatic carbocycles. The summed E-state index contributed by atoms with van der Waals surface area (Å²) in [6.45, 7) is 14.0. The van der Waals surface area contributed by atoms with E-state index < -0.39 is 0 Å². The van der Waals surface area contributed by atoms with Crippen molar-refractivity contribution in [2.75, 3.05) is 0 Å². The van der Waals surface area contributed by atoms with Crippen LogP contribution in [-0.2, 0) is 0 Å². The molecule has 0 aliphatic heterocycles. The van der Waals surface area contributed by atoms with Crippen LogP contribution in [-0.4, -0.2) is 19.5 Å². The first-order chi connectivity index (χ1) is 18.2. The number of pyridine rings is 2. The maximum Gasteiger partial charge on any atom is 0.0892 e. The van der Waals surface area contributed by atoms with Crippen LogP contribution >= 0.6 is 46.2 Å². The highest BCUT2D eigenvalue weighted by atomic mass is 32.2. The number of thiophene rings is 2. The lowest BCUT2D eigenvalue weighted by Gasteiger charge is -2.22. The van der Waals surface area contributed by atoms with E-state index in [4.69, 9.17) is 0 Å². The summed E-state index contributed by atoms with van der Waals surface area (Å²) >= 11 is 7.75. The van der Waals surface area contributed by atoms with Crippen molar-refractivity contribution in [3.8, 4) is 32.3 Å². The van der Waals surface area contributed by atoms with Crippen LogP contribution in [0.15, 0.2) is 69.3 Å². The Morgan fingerprint density at radius 1 is 0.632 bits per heavy atom. The molecule has 0 atom stereocenters. The van der Waals surface area contributed by atoms with Gasteiger partial charge in [0.15, 0.2) is 0 Å². The Morgan fingerprint density at radius 3 is 1.45 bits per heavy atom. The third kappa shape index (κ3) is 8.20. The highest BCUT2D eigenvalue weighted by Gasteiger charge is 2.21. The van der Waals surface area contributed by atoms with E-state index in [-0.39, 0.29) is 9.49 Å². The molecular formula is C32H40N2S4. The molecule has 4 aromatic heterocycles. The zero-order valence-corrected chi connectivity index (χ0v) is 26.8. The van der Waals surface area contributed by atoms with Gasteiger partial charge in [-0.15, -0.1) is 46.2 Å². The molecule has 0 radical (unpaired) electrons. The number of hydrogen-bond acceptors (Lipinski definition) is 6. The van der Waals surface area contributed by atoms with Gasteiger partial charge in [0.1, 0.15) is 0 Å². The minimum absolute atomic E-state index is 0.261. The van der Waals surface area contributed by atoms with Crippen molar-refractivity contribution in [3.05, 3.63) is 60.9 Å². The maximum atomic E-state index is 4.69. The highest BCUT2D eigenvalue weighted by molar-refractivity contribution is 8.02. The first kappa shape index (κ1) is 29.4. The van der Waals surface area contributed by atoms with Gasteiger partial charge in [0.05, 0.1) is 19.8 Å². The largest absolute Gasteiger partial charge is 0.255 e. The lowest BCUT2D eigenvalue weighted by molar-refractivity contribution is 0.594. The molecule has 0 aliphatic rings. The van der Waals surface area contributed by atoms with Crippen LogP contribution in [0, 0.1) is 0 Å². The Balaban J connectivity index is 1.50. The lowest BCUT2D eigenvalue weighted by atomic mass is 10.1. The summed E-state index contributed by atoms with van der Waals surface area (Å²) in [4.78, 5) is 11.9. The van der Waals surface area contributed by atoms with Gasteiger partial charge in [0.2, 0.25) is 0 Å². The molecule has 0 bridgehead atoms. The SMILES string of the molecule is CCCCC(C)(C)Sc1ccc(-c2ccnc(-c3cc(-c4ccc(SC(C)(C)CCCC)s4)ccn3)c2)s1. The zero-order valence-electron chi connectivity index (χ0n) is 23.5. The van der Waals surface area contributed by atoms with E-state index in [2.05, 4.69) is 100 Å². The second-order valence-corrected chi connectivity index (χ2v) is 17.2. The first-order valence-electron chi connectivity index (χ1n) is 13.7. The summed E-state index contributed by atoms with van der Waals surface area (Å²) in [5.41, 5.74) is 4.24. The zero-order chi connectivity index (χ0) is 27.2. The molecule has 0 unspecified atom stereocenters. The van der Waals surface area contributed by atoms with E-state index in [9.17, 15) is 0 Å². The van der Waals surface area contributed by atoms with Gasteiger partial charge < -0.3 is 0 Å². The molecule has 0 spiro atoms. The second kappa shape index (κ2) is 13.2. The number of nitrogens with zero attached hydrogens (tertiary/aromatic N) is 2. The molecule has 4 aromatic rings. The molecule has 6 heteroatoms. The molecular weight excluding hydrogens is 541 g/mol. The molecule has 202 valence electrons. The highest BCUT2D eigenvalue weighted by Crippen LogP contribution is 2.44. The predicted octanol–water partition coefficient (Wildman–Crippen LogP) is 11.7. The molecule has 0 saturated carbocycles. The number of unbranched alkanes of at least 4 members (excludes halogenated alkanes) is 2. The van der Waals surface area contributed by atoms with E-state index in [0.717, 1.165) is 11.4 Å². The molecule has 0 fully saturated rings. The Bertz CT molecular complexity index is 1220. The van der Waals surface area contributed by atoms with Gasteiger partial charge in [0, 0.05) is 31.6 Å². The third-order valence-electron chi connectivity index (χ3n) is 6.53. The summed E-state index contributed by atoms with van der Waals surface area (Å²) in [6.07, 6.45) is 11.4. The van der Waals surface area contributed by atoms with Crippen LogP contribution in [0.2, 0.25) is 0 Å². The Kier molecular flexibility index (Phi) is 10.2. The summed E-state index contributed by atoms with van der Waals surface area (Å²) in [5, 5.41) is 0. The number of hydrogen-bond donors (Lipinski definition) is 0. The van der Waals surface area contributed by atoms with Gasteiger partial charge in [-0.2, -0.15) is 0 Å². The summed E-state index contributed by atoms with van der Waals surface area (Å²) in [6, 6.07) is 17.6. The fourth-order valence-corrected chi connectivity index (χ4v) is 9.91. The average Bonchev–Trinajstić information content (AvgIpc) is 3.56. The summed E-state index contributed by atoms with van der Waals surface area (Å²) < 4.78 is 3.28. The smallest absolute Gasteiger partial charge is 0.0892 e. The Hall–Kier alpha value is -1.60. The quantitative estimate of drug-likeness (QED) is 0.147. The van der Waals surface area contributed by atoms with Crippen LogP contribution in [0.1, 0.15) is 80.1 Å². The lowest BCUT2D eigenvalue weighted by Crippen LogP contribution is -2.13. The van der Waals surface area contributed by atoms with Crippen LogP contribution in [0.3, 0.4) is 0 Å². The van der Waals surface area contributed by atoms with Gasteiger partial charge in [-0.3, -0.25) is 9.97 Å². The van der Waals surface area contributed by atoms with Crippen molar-refractivity contribution in [3.63, 3.8) is 0 Å². The van der Waals surface area contributed by atoms with Crippen LogP contribution < -0.4 is 0 Å². The number of aromatic nitrogens is 2. The summed E-state index contributed by atoms with van der Waals surface area (Å²) in [5.74, 6) is 0. The minimum atomic E-state index is 0.261. The topological polar surface area (TPSA) is 25.8 Å². The van der Waals surface area contributed by atoms with E-state index in [1.807, 2.05) is 58.6 Å². The van der Waals surface area contributed by atoms with Crippen molar-refractivity contribution >= 4 is 46.2 Å². The van der Waals surface area contributed by atoms with Crippen LogP contribution in [0.5, 0.6) is 0 Å². The number of rotatable bonds is 13. The van der Waals surface area contributed by atoms with E-state index in [0.29, 0.717) is 0 Å². The molecule has 2 nitrogen and oxygen atoms in total. The predicted molar refractivity (Wildman–Crippen MR) is 173 cm³/mol. The third-order valence-corrected chi connectivity index (χ3v) is 11.6. The first-order valence-corrected chi connectivity index (χ1v) is 17.0. The van der Waals surface area contributed by atoms with Crippen molar-refractivity contribution in [2.24, 2.45) is 0 Å². The Morgan fingerprint density at radius 2 is 1.05 bits per heavy atom. The monoisotopic (exact) mass is 580 g/mol. The molecule has 0 saturated heterocycles. The van der Waals surface area contributed by atoms with E-state index in [1.54, 1.807) is 0 Å². The molecule has 0 aromatic carbocycles. The molecule has 4 heterocycles. The van der Waals surface area contributed by atoms with Crippen molar-refractivity contribution in [2.45, 2.75) is 98.0 Å². The summed E-state index contributed by atoms with van der Waals surface area (Å²) in [7, 11) is 0. The second-order valence-electron chi connectivity index (χ2n) is 11.0. The fourth-order valence-electron chi connectivity index (χ4n) is 4.36. The molecule has 0 amide bonds. The van der Waals surface area contributed by atoms with Gasteiger partial charge in [-0.25, -0.2) is 0 Å². The minimum Gasteiger partial charge on any atom is -0.255 e. The van der Waals surface area contributed by atoms with Crippen LogP contribution in [0.4, 0.5) is 0 Å². The fraction of sp³-hybridized carbons (Fsp3) is 0.438. The number of thioether (sulfide) groups is 2. The van der Waals surface area contributed by atoms with E-state index in [1.165, 1.54) is 67.8 Å². The normalized spacial score (nSPS) is 12.3. The maximum absolute atomic E-state index is 4.69. The molecule has 4 rings (SSSR count).